The van der Waals surface area contributed by atoms with E-state index >= 15 is 0 Å². The molecule has 1 aromatic heterocycles. The Morgan fingerprint density at radius 2 is 1.82 bits per heavy atom. The highest BCUT2D eigenvalue weighted by Crippen LogP contribution is 2.18. The lowest BCUT2D eigenvalue weighted by molar-refractivity contribution is -0.133. The highest BCUT2D eigenvalue weighted by atomic mass is 32.2. The van der Waals surface area contributed by atoms with Crippen LogP contribution in [0.3, 0.4) is 0 Å². The van der Waals surface area contributed by atoms with Gasteiger partial charge < -0.3 is 14.2 Å². The number of benzene rings is 1. The molecule has 0 fully saturated rings. The summed E-state index contributed by atoms with van der Waals surface area (Å²) in [7, 11) is -0.284. The number of carbonyl (C=O) groups excluding carboxylic acids is 1. The molecule has 0 bridgehead atoms. The van der Waals surface area contributed by atoms with E-state index in [-0.39, 0.29) is 23.4 Å². The Balaban J connectivity index is 2.23. The van der Waals surface area contributed by atoms with Crippen molar-refractivity contribution < 1.29 is 17.9 Å². The molecular formula is C20H29N3O4S. The van der Waals surface area contributed by atoms with Crippen LogP contribution < -0.4 is 0 Å². The quantitative estimate of drug-likeness (QED) is 0.605. The van der Waals surface area contributed by atoms with E-state index in [9.17, 15) is 13.2 Å². The van der Waals surface area contributed by atoms with Gasteiger partial charge in [-0.05, 0) is 38.1 Å². The second-order valence-corrected chi connectivity index (χ2v) is 8.77. The van der Waals surface area contributed by atoms with Gasteiger partial charge in [-0.3, -0.25) is 4.79 Å². The number of carbonyl (C=O) groups is 1. The molecule has 0 aliphatic carbocycles. The van der Waals surface area contributed by atoms with Crippen LogP contribution in [0.4, 0.5) is 0 Å². The van der Waals surface area contributed by atoms with Crippen LogP contribution >= 0.6 is 0 Å². The van der Waals surface area contributed by atoms with Crippen molar-refractivity contribution in [1.29, 1.82) is 0 Å². The number of rotatable bonds is 10. The molecule has 0 saturated heterocycles. The van der Waals surface area contributed by atoms with Crippen LogP contribution in [0.15, 0.2) is 53.6 Å². The van der Waals surface area contributed by atoms with Crippen LogP contribution in [0.5, 0.6) is 0 Å². The summed E-state index contributed by atoms with van der Waals surface area (Å²) >= 11 is 0. The fraction of sp³-hybridized carbons (Fsp3) is 0.450. The fourth-order valence-electron chi connectivity index (χ4n) is 2.86. The van der Waals surface area contributed by atoms with Crippen molar-refractivity contribution in [2.24, 2.45) is 7.05 Å². The molecule has 0 aliphatic heterocycles. The monoisotopic (exact) mass is 407 g/mol. The molecule has 0 saturated carbocycles. The summed E-state index contributed by atoms with van der Waals surface area (Å²) in [5.74, 6) is -0.258. The first kappa shape index (κ1) is 22.1. The fourth-order valence-corrected chi connectivity index (χ4v) is 4.46. The Morgan fingerprint density at radius 1 is 1.14 bits per heavy atom. The highest BCUT2D eigenvalue weighted by Gasteiger charge is 2.30. The summed E-state index contributed by atoms with van der Waals surface area (Å²) in [4.78, 5) is 14.9. The number of ether oxygens (including phenoxy) is 1. The van der Waals surface area contributed by atoms with Crippen LogP contribution in [-0.2, 0) is 33.1 Å². The second kappa shape index (κ2) is 9.86. The number of sulfonamides is 1. The summed E-state index contributed by atoms with van der Waals surface area (Å²) in [6, 6.07) is 11.7. The number of hydrogen-bond acceptors (Lipinski definition) is 4. The SMILES string of the molecule is COCCN(Cc1cccn1C)C(=O)CN(C(C)C)S(=O)(=O)c1ccccc1. The molecule has 0 atom stereocenters. The van der Waals surface area contributed by atoms with Crippen molar-refractivity contribution in [2.45, 2.75) is 31.3 Å². The molecule has 0 aliphatic rings. The first-order valence-electron chi connectivity index (χ1n) is 9.21. The van der Waals surface area contributed by atoms with Crippen molar-refractivity contribution in [2.75, 3.05) is 26.8 Å². The Bertz CT molecular complexity index is 863. The average Bonchev–Trinajstić information content (AvgIpc) is 3.07. The Hall–Kier alpha value is -2.16. The van der Waals surface area contributed by atoms with Crippen LogP contribution in [-0.4, -0.2) is 60.9 Å². The molecule has 1 amide bonds. The number of aryl methyl sites for hydroxylation is 1. The van der Waals surface area contributed by atoms with E-state index < -0.39 is 10.0 Å². The van der Waals surface area contributed by atoms with Crippen molar-refractivity contribution >= 4 is 15.9 Å². The predicted molar refractivity (Wildman–Crippen MR) is 108 cm³/mol. The molecule has 28 heavy (non-hydrogen) atoms. The normalized spacial score (nSPS) is 11.9. The van der Waals surface area contributed by atoms with Gasteiger partial charge in [-0.2, -0.15) is 4.31 Å². The van der Waals surface area contributed by atoms with Gasteiger partial charge in [-0.1, -0.05) is 18.2 Å². The van der Waals surface area contributed by atoms with E-state index in [1.165, 1.54) is 4.31 Å². The van der Waals surface area contributed by atoms with E-state index in [2.05, 4.69) is 0 Å². The third kappa shape index (κ3) is 5.43. The first-order valence-corrected chi connectivity index (χ1v) is 10.6. The molecule has 0 N–H and O–H groups in total. The minimum Gasteiger partial charge on any atom is -0.383 e. The van der Waals surface area contributed by atoms with Gasteiger partial charge in [0.15, 0.2) is 0 Å². The first-order chi connectivity index (χ1) is 13.3. The van der Waals surface area contributed by atoms with Gasteiger partial charge in [-0.25, -0.2) is 8.42 Å². The van der Waals surface area contributed by atoms with Crippen molar-refractivity contribution in [1.82, 2.24) is 13.8 Å². The largest absolute Gasteiger partial charge is 0.383 e. The average molecular weight is 408 g/mol. The summed E-state index contributed by atoms with van der Waals surface area (Å²) in [6.07, 6.45) is 1.91. The molecule has 0 unspecified atom stereocenters. The Morgan fingerprint density at radius 3 is 2.36 bits per heavy atom. The molecular weight excluding hydrogens is 378 g/mol. The Kier molecular flexibility index (Phi) is 7.79. The maximum absolute atomic E-state index is 13.0. The third-order valence-corrected chi connectivity index (χ3v) is 6.58. The van der Waals surface area contributed by atoms with Crippen molar-refractivity contribution in [3.05, 3.63) is 54.4 Å². The van der Waals surface area contributed by atoms with Gasteiger partial charge in [-0.15, -0.1) is 0 Å². The van der Waals surface area contributed by atoms with E-state index in [0.717, 1.165) is 5.69 Å². The minimum atomic E-state index is -3.77. The topological polar surface area (TPSA) is 71.8 Å². The Labute approximate surface area is 167 Å². The molecule has 7 nitrogen and oxygen atoms in total. The molecule has 1 aromatic carbocycles. The lowest BCUT2D eigenvalue weighted by Gasteiger charge is -2.29. The zero-order chi connectivity index (χ0) is 20.7. The van der Waals surface area contributed by atoms with Gasteiger partial charge in [0.2, 0.25) is 15.9 Å². The number of hydrogen-bond donors (Lipinski definition) is 0. The summed E-state index contributed by atoms with van der Waals surface area (Å²) < 4.78 is 34.4. The van der Waals surface area contributed by atoms with Gasteiger partial charge >= 0.3 is 0 Å². The molecule has 2 rings (SSSR count). The van der Waals surface area contributed by atoms with Crippen LogP contribution in [0.1, 0.15) is 19.5 Å². The minimum absolute atomic E-state index is 0.183. The lowest BCUT2D eigenvalue weighted by Crippen LogP contribution is -2.46. The maximum Gasteiger partial charge on any atom is 0.243 e. The van der Waals surface area contributed by atoms with E-state index in [1.54, 1.807) is 56.2 Å². The second-order valence-electron chi connectivity index (χ2n) is 6.88. The van der Waals surface area contributed by atoms with Crippen molar-refractivity contribution in [3.8, 4) is 0 Å². The van der Waals surface area contributed by atoms with Crippen molar-refractivity contribution in [3.63, 3.8) is 0 Å². The van der Waals surface area contributed by atoms with Gasteiger partial charge in [0, 0.05) is 38.6 Å². The van der Waals surface area contributed by atoms with Crippen LogP contribution in [0, 0.1) is 0 Å². The molecule has 2 aromatic rings. The number of methoxy groups -OCH3 is 1. The van der Waals surface area contributed by atoms with E-state index in [4.69, 9.17) is 4.74 Å². The van der Waals surface area contributed by atoms with Gasteiger partial charge in [0.05, 0.1) is 24.6 Å². The molecule has 0 spiro atoms. The maximum atomic E-state index is 13.0. The smallest absolute Gasteiger partial charge is 0.243 e. The molecule has 0 radical (unpaired) electrons. The van der Waals surface area contributed by atoms with Crippen LogP contribution in [0.25, 0.3) is 0 Å². The molecule has 8 heteroatoms. The molecule has 1 heterocycles. The standard InChI is InChI=1S/C20H29N3O4S/c1-17(2)23(28(25,26)19-10-6-5-7-11-19)16-20(24)22(13-14-27-4)15-18-9-8-12-21(18)3/h5-12,17H,13-16H2,1-4H3. The van der Waals surface area contributed by atoms with Gasteiger partial charge in [0.1, 0.15) is 0 Å². The highest BCUT2D eigenvalue weighted by molar-refractivity contribution is 7.89. The van der Waals surface area contributed by atoms with E-state index in [1.807, 2.05) is 29.9 Å². The molecule has 154 valence electrons. The zero-order valence-electron chi connectivity index (χ0n) is 16.9. The van der Waals surface area contributed by atoms with E-state index in [0.29, 0.717) is 19.7 Å². The van der Waals surface area contributed by atoms with Crippen LogP contribution in [0.2, 0.25) is 0 Å². The number of aromatic nitrogens is 1. The number of amides is 1. The lowest BCUT2D eigenvalue weighted by atomic mass is 10.3. The summed E-state index contributed by atoms with van der Waals surface area (Å²) in [6.45, 7) is 4.47. The third-order valence-electron chi connectivity index (χ3n) is 4.54. The predicted octanol–water partition coefficient (Wildman–Crippen LogP) is 2.10. The van der Waals surface area contributed by atoms with Gasteiger partial charge in [0.25, 0.3) is 0 Å². The zero-order valence-corrected chi connectivity index (χ0v) is 17.7. The summed E-state index contributed by atoms with van der Waals surface area (Å²) in [5.41, 5.74) is 0.964. The summed E-state index contributed by atoms with van der Waals surface area (Å²) in [5, 5.41) is 0. The number of nitrogens with zero attached hydrogens (tertiary/aromatic N) is 3.